The average molecular weight is 298 g/mol. The molecule has 2 heterocycles. The number of carboxylic acid groups (broad SMARTS) is 1. The molecule has 1 saturated heterocycles. The van der Waals surface area contributed by atoms with Gasteiger partial charge in [0, 0.05) is 31.8 Å². The maximum absolute atomic E-state index is 11.7. The van der Waals surface area contributed by atoms with Crippen molar-refractivity contribution in [3.63, 3.8) is 0 Å². The topological polar surface area (TPSA) is 88.3 Å². The second-order valence-corrected chi connectivity index (χ2v) is 5.76. The van der Waals surface area contributed by atoms with Gasteiger partial charge in [0.15, 0.2) is 5.16 Å². The molecule has 8 heteroatoms. The zero-order chi connectivity index (χ0) is 14.7. The lowest BCUT2D eigenvalue weighted by atomic mass is 10.1. The van der Waals surface area contributed by atoms with Gasteiger partial charge in [0.1, 0.15) is 5.82 Å². The number of aryl methyl sites for hydroxylation is 1. The minimum absolute atomic E-state index is 0.0776. The maximum Gasteiger partial charge on any atom is 0.308 e. The molecule has 20 heavy (non-hydrogen) atoms. The van der Waals surface area contributed by atoms with Gasteiger partial charge >= 0.3 is 5.97 Å². The smallest absolute Gasteiger partial charge is 0.308 e. The predicted molar refractivity (Wildman–Crippen MR) is 73.5 cm³/mol. The number of aliphatic carboxylic acids is 1. The first-order valence-corrected chi connectivity index (χ1v) is 7.54. The summed E-state index contributed by atoms with van der Waals surface area (Å²) in [6, 6.07) is 0. The van der Waals surface area contributed by atoms with Crippen LogP contribution in [-0.2, 0) is 16.1 Å². The van der Waals surface area contributed by atoms with E-state index >= 15 is 0 Å². The molecule has 1 amide bonds. The summed E-state index contributed by atoms with van der Waals surface area (Å²) < 4.78 is 2.01. The first-order valence-electron chi connectivity index (χ1n) is 6.56. The molecule has 1 atom stereocenters. The van der Waals surface area contributed by atoms with Gasteiger partial charge in [0.2, 0.25) is 5.91 Å². The van der Waals surface area contributed by atoms with Gasteiger partial charge in [-0.05, 0) is 13.8 Å². The summed E-state index contributed by atoms with van der Waals surface area (Å²) in [4.78, 5) is 24.2. The van der Waals surface area contributed by atoms with Crippen LogP contribution in [-0.4, -0.2) is 55.5 Å². The quantitative estimate of drug-likeness (QED) is 0.775. The molecule has 0 bridgehead atoms. The molecule has 7 nitrogen and oxygen atoms in total. The number of hydrogen-bond donors (Lipinski definition) is 1. The number of rotatable bonds is 6. The van der Waals surface area contributed by atoms with Crippen molar-refractivity contribution in [2.75, 3.05) is 18.8 Å². The summed E-state index contributed by atoms with van der Waals surface area (Å²) >= 11 is 1.54. The Hall–Kier alpha value is -1.57. The van der Waals surface area contributed by atoms with Gasteiger partial charge in [-0.15, -0.1) is 10.2 Å². The number of carbonyl (C=O) groups excluding carboxylic acids is 1. The van der Waals surface area contributed by atoms with Gasteiger partial charge in [0.05, 0.1) is 5.92 Å². The number of carboxylic acids is 1. The van der Waals surface area contributed by atoms with E-state index in [1.807, 2.05) is 18.4 Å². The largest absolute Gasteiger partial charge is 0.481 e. The number of likely N-dealkylation sites (tertiary alicyclic amines) is 1. The number of nitrogens with zero attached hydrogens (tertiary/aromatic N) is 4. The predicted octanol–water partition coefficient (Wildman–Crippen LogP) is 0.632. The number of thioether (sulfide) groups is 1. The first kappa shape index (κ1) is 14.8. The molecule has 1 aliphatic heterocycles. The third-order valence-corrected chi connectivity index (χ3v) is 4.32. The summed E-state index contributed by atoms with van der Waals surface area (Å²) in [5.41, 5.74) is 0. The van der Waals surface area contributed by atoms with E-state index < -0.39 is 11.9 Å². The fourth-order valence-electron chi connectivity index (χ4n) is 2.23. The van der Waals surface area contributed by atoms with E-state index in [9.17, 15) is 9.59 Å². The normalized spacial score (nSPS) is 18.8. The van der Waals surface area contributed by atoms with Gasteiger partial charge in [0.25, 0.3) is 0 Å². The van der Waals surface area contributed by atoms with E-state index in [0.717, 1.165) is 17.5 Å². The van der Waals surface area contributed by atoms with Gasteiger partial charge in [-0.25, -0.2) is 0 Å². The van der Waals surface area contributed by atoms with Crippen LogP contribution in [0.1, 0.15) is 19.2 Å². The Morgan fingerprint density at radius 1 is 1.50 bits per heavy atom. The highest BCUT2D eigenvalue weighted by molar-refractivity contribution is 7.99. The van der Waals surface area contributed by atoms with Crippen LogP contribution in [0.4, 0.5) is 0 Å². The van der Waals surface area contributed by atoms with Crippen molar-refractivity contribution in [3.05, 3.63) is 5.82 Å². The van der Waals surface area contributed by atoms with Crippen molar-refractivity contribution in [1.29, 1.82) is 0 Å². The lowest BCUT2D eigenvalue weighted by molar-refractivity contribution is -0.141. The van der Waals surface area contributed by atoms with Crippen LogP contribution in [0.2, 0.25) is 0 Å². The minimum Gasteiger partial charge on any atom is -0.481 e. The van der Waals surface area contributed by atoms with E-state index in [0.29, 0.717) is 18.8 Å². The maximum atomic E-state index is 11.7. The van der Waals surface area contributed by atoms with Crippen LogP contribution in [0.5, 0.6) is 0 Å². The standard InChI is InChI=1S/C12H18N4O3S/c1-3-16-8(2)13-14-12(16)20-5-4-15-7-9(11(18)19)6-10(15)17/h9H,3-7H2,1-2H3,(H,18,19)/t9-/m1/s1. The zero-order valence-corrected chi connectivity index (χ0v) is 12.4. The molecule has 0 saturated carbocycles. The third kappa shape index (κ3) is 3.12. The Kier molecular flexibility index (Phi) is 4.64. The van der Waals surface area contributed by atoms with E-state index in [1.165, 1.54) is 11.8 Å². The fourth-order valence-corrected chi connectivity index (χ4v) is 3.24. The Labute approximate surface area is 121 Å². The zero-order valence-electron chi connectivity index (χ0n) is 11.6. The van der Waals surface area contributed by atoms with Crippen molar-refractivity contribution < 1.29 is 14.7 Å². The molecular weight excluding hydrogens is 280 g/mol. The van der Waals surface area contributed by atoms with Crippen LogP contribution in [0, 0.1) is 12.8 Å². The summed E-state index contributed by atoms with van der Waals surface area (Å²) in [6.45, 7) is 5.60. The van der Waals surface area contributed by atoms with Crippen LogP contribution in [0.25, 0.3) is 0 Å². The molecular formula is C12H18N4O3S. The number of amides is 1. The van der Waals surface area contributed by atoms with Crippen molar-refractivity contribution in [1.82, 2.24) is 19.7 Å². The molecule has 110 valence electrons. The van der Waals surface area contributed by atoms with Crippen LogP contribution < -0.4 is 0 Å². The molecule has 0 aromatic carbocycles. The Morgan fingerprint density at radius 2 is 2.25 bits per heavy atom. The number of aromatic nitrogens is 3. The van der Waals surface area contributed by atoms with E-state index in [2.05, 4.69) is 10.2 Å². The highest BCUT2D eigenvalue weighted by Crippen LogP contribution is 2.21. The second-order valence-electron chi connectivity index (χ2n) is 4.70. The molecule has 0 unspecified atom stereocenters. The second kappa shape index (κ2) is 6.25. The third-order valence-electron chi connectivity index (χ3n) is 3.37. The number of carbonyl (C=O) groups is 2. The van der Waals surface area contributed by atoms with Crippen LogP contribution in [0.15, 0.2) is 5.16 Å². The molecule has 1 fully saturated rings. The van der Waals surface area contributed by atoms with E-state index in [4.69, 9.17) is 5.11 Å². The Morgan fingerprint density at radius 3 is 2.85 bits per heavy atom. The van der Waals surface area contributed by atoms with Gasteiger partial charge < -0.3 is 14.6 Å². The molecule has 0 aliphatic carbocycles. The molecule has 0 spiro atoms. The lowest BCUT2D eigenvalue weighted by Crippen LogP contribution is -2.28. The Bertz CT molecular complexity index is 517. The Balaban J connectivity index is 1.84. The SMILES string of the molecule is CCn1c(C)nnc1SCCN1C[C@H](C(=O)O)CC1=O. The summed E-state index contributed by atoms with van der Waals surface area (Å²) in [5.74, 6) is 0.0316. The average Bonchev–Trinajstić information content (AvgIpc) is 2.94. The first-order chi connectivity index (χ1) is 9.52. The highest BCUT2D eigenvalue weighted by atomic mass is 32.2. The van der Waals surface area contributed by atoms with E-state index in [1.54, 1.807) is 4.90 Å². The van der Waals surface area contributed by atoms with Gasteiger partial charge in [-0.2, -0.15) is 0 Å². The van der Waals surface area contributed by atoms with Crippen LogP contribution in [0.3, 0.4) is 0 Å². The summed E-state index contributed by atoms with van der Waals surface area (Å²) in [7, 11) is 0. The van der Waals surface area contributed by atoms with Crippen LogP contribution >= 0.6 is 11.8 Å². The van der Waals surface area contributed by atoms with Crippen molar-refractivity contribution in [2.24, 2.45) is 5.92 Å². The summed E-state index contributed by atoms with van der Waals surface area (Å²) in [5, 5.41) is 17.9. The van der Waals surface area contributed by atoms with Gasteiger partial charge in [-0.1, -0.05) is 11.8 Å². The molecule has 0 radical (unpaired) electrons. The number of hydrogen-bond acceptors (Lipinski definition) is 5. The van der Waals surface area contributed by atoms with Crippen molar-refractivity contribution in [2.45, 2.75) is 32.0 Å². The molecule has 1 aromatic heterocycles. The lowest BCUT2D eigenvalue weighted by Gasteiger charge is -2.15. The highest BCUT2D eigenvalue weighted by Gasteiger charge is 2.33. The van der Waals surface area contributed by atoms with Crippen molar-refractivity contribution >= 4 is 23.6 Å². The molecule has 1 N–H and O–H groups in total. The fraction of sp³-hybridized carbons (Fsp3) is 0.667. The monoisotopic (exact) mass is 298 g/mol. The summed E-state index contributed by atoms with van der Waals surface area (Å²) in [6.07, 6.45) is 0.115. The van der Waals surface area contributed by atoms with E-state index in [-0.39, 0.29) is 12.3 Å². The van der Waals surface area contributed by atoms with Crippen molar-refractivity contribution in [3.8, 4) is 0 Å². The van der Waals surface area contributed by atoms with Gasteiger partial charge in [-0.3, -0.25) is 9.59 Å². The molecule has 1 aromatic rings. The molecule has 1 aliphatic rings. The molecule has 2 rings (SSSR count). The minimum atomic E-state index is -0.894.